The molecule has 0 aliphatic heterocycles. The summed E-state index contributed by atoms with van der Waals surface area (Å²) in [6.07, 6.45) is 0.684. The monoisotopic (exact) mass is 464 g/mol. The van der Waals surface area contributed by atoms with Crippen molar-refractivity contribution in [2.24, 2.45) is 5.73 Å². The molecule has 0 aliphatic rings. The van der Waals surface area contributed by atoms with Crippen molar-refractivity contribution >= 4 is 16.3 Å². The van der Waals surface area contributed by atoms with Crippen molar-refractivity contribution in [3.05, 3.63) is 71.8 Å². The normalized spacial score (nSPS) is 12.4. The molecule has 7 nitrogen and oxygen atoms in total. The Labute approximate surface area is 192 Å². The van der Waals surface area contributed by atoms with E-state index in [9.17, 15) is 17.8 Å². The van der Waals surface area contributed by atoms with Crippen LogP contribution in [0.25, 0.3) is 0 Å². The van der Waals surface area contributed by atoms with Crippen LogP contribution < -0.4 is 5.73 Å². The van der Waals surface area contributed by atoms with Gasteiger partial charge in [-0.2, -0.15) is 0 Å². The lowest BCUT2D eigenvalue weighted by atomic mass is 9.71. The Balaban J connectivity index is 0.000000751. The third kappa shape index (κ3) is 6.87. The zero-order valence-electron chi connectivity index (χ0n) is 19.8. The summed E-state index contributed by atoms with van der Waals surface area (Å²) in [6, 6.07) is 20.9. The molecule has 0 heterocycles. The standard InChI is InChI=1S/C23H32N2O.CH4O4S/c1-18(2)25(5,19(3)4)17-16-23(22(24)26,20-12-8-6-9-13-20)21-14-10-7-11-15-21;1-5-6(2,3)4/h6-15,18-19H,16-17H2,1-5H3,(H-,24,26);1H3,(H,2,3,4). The molecule has 8 heteroatoms. The van der Waals surface area contributed by atoms with E-state index >= 15 is 0 Å². The quantitative estimate of drug-likeness (QED) is 0.348. The van der Waals surface area contributed by atoms with E-state index in [2.05, 4.69) is 38.9 Å². The van der Waals surface area contributed by atoms with Crippen molar-refractivity contribution in [1.82, 2.24) is 0 Å². The highest BCUT2D eigenvalue weighted by atomic mass is 32.3. The van der Waals surface area contributed by atoms with E-state index in [4.69, 9.17) is 5.73 Å². The molecule has 0 saturated heterocycles. The van der Waals surface area contributed by atoms with Crippen molar-refractivity contribution in [3.8, 4) is 0 Å². The molecule has 0 radical (unpaired) electrons. The van der Waals surface area contributed by atoms with Crippen LogP contribution in [0.4, 0.5) is 0 Å². The Hall–Kier alpha value is -2.26. The lowest BCUT2D eigenvalue weighted by Gasteiger charge is -2.45. The maximum absolute atomic E-state index is 12.9. The molecule has 32 heavy (non-hydrogen) atoms. The summed E-state index contributed by atoms with van der Waals surface area (Å²) in [5, 5.41) is 0. The van der Waals surface area contributed by atoms with Crippen LogP contribution in [0.15, 0.2) is 60.7 Å². The van der Waals surface area contributed by atoms with Crippen LogP contribution in [-0.2, 0) is 24.8 Å². The van der Waals surface area contributed by atoms with Gasteiger partial charge in [-0.1, -0.05) is 60.7 Å². The molecular weight excluding hydrogens is 428 g/mol. The number of carbonyl (C=O) groups excluding carboxylic acids is 1. The van der Waals surface area contributed by atoms with Gasteiger partial charge in [-0.15, -0.1) is 0 Å². The van der Waals surface area contributed by atoms with E-state index in [-0.39, 0.29) is 5.91 Å². The first-order chi connectivity index (χ1) is 14.8. The van der Waals surface area contributed by atoms with Gasteiger partial charge in [0.2, 0.25) is 16.3 Å². The number of hydrogen-bond acceptors (Lipinski definition) is 5. The van der Waals surface area contributed by atoms with Gasteiger partial charge < -0.3 is 14.8 Å². The Kier molecular flexibility index (Phi) is 10.0. The van der Waals surface area contributed by atoms with Crippen LogP contribution in [0.5, 0.6) is 0 Å². The number of nitrogens with zero attached hydrogens (tertiary/aromatic N) is 1. The van der Waals surface area contributed by atoms with Crippen molar-refractivity contribution in [3.63, 3.8) is 0 Å². The van der Waals surface area contributed by atoms with Crippen LogP contribution in [-0.4, -0.2) is 56.1 Å². The maximum atomic E-state index is 12.9. The zero-order valence-corrected chi connectivity index (χ0v) is 20.6. The third-order valence-electron chi connectivity index (χ3n) is 6.49. The third-order valence-corrected chi connectivity index (χ3v) is 6.89. The molecule has 0 aromatic heterocycles. The molecule has 2 N–H and O–H groups in total. The van der Waals surface area contributed by atoms with Gasteiger partial charge in [0.1, 0.15) is 5.41 Å². The van der Waals surface area contributed by atoms with Gasteiger partial charge in [-0.3, -0.25) is 8.98 Å². The second kappa shape index (κ2) is 11.6. The summed E-state index contributed by atoms with van der Waals surface area (Å²) >= 11 is 0. The predicted octanol–water partition coefficient (Wildman–Crippen LogP) is 3.20. The van der Waals surface area contributed by atoms with Crippen molar-refractivity contribution in [2.45, 2.75) is 51.6 Å². The van der Waals surface area contributed by atoms with Crippen LogP contribution in [0.2, 0.25) is 0 Å². The van der Waals surface area contributed by atoms with E-state index in [0.717, 1.165) is 29.3 Å². The fourth-order valence-electron chi connectivity index (χ4n) is 3.83. The zero-order chi connectivity index (χ0) is 24.6. The lowest BCUT2D eigenvalue weighted by molar-refractivity contribution is -0.949. The summed E-state index contributed by atoms with van der Waals surface area (Å²) < 4.78 is 31.9. The van der Waals surface area contributed by atoms with Crippen LogP contribution in [0.3, 0.4) is 0 Å². The fraction of sp³-hybridized carbons (Fsp3) is 0.458. The molecular formula is C24H36N2O5S. The van der Waals surface area contributed by atoms with Crippen molar-refractivity contribution in [2.75, 3.05) is 20.7 Å². The molecule has 0 unspecified atom stereocenters. The molecule has 0 atom stereocenters. The van der Waals surface area contributed by atoms with E-state index in [0.29, 0.717) is 18.5 Å². The first-order valence-electron chi connectivity index (χ1n) is 10.6. The van der Waals surface area contributed by atoms with E-state index in [1.54, 1.807) is 0 Å². The molecule has 0 saturated carbocycles. The Morgan fingerprint density at radius 2 is 1.31 bits per heavy atom. The van der Waals surface area contributed by atoms with Gasteiger partial charge in [0.25, 0.3) is 0 Å². The number of nitrogens with two attached hydrogens (primary N) is 1. The Bertz CT molecular complexity index is 897. The van der Waals surface area contributed by atoms with Crippen molar-refractivity contribution in [1.29, 1.82) is 0 Å². The van der Waals surface area contributed by atoms with Gasteiger partial charge in [0, 0.05) is 6.42 Å². The minimum Gasteiger partial charge on any atom is -0.726 e. The smallest absolute Gasteiger partial charge is 0.232 e. The molecule has 0 aliphatic carbocycles. The topological polar surface area (TPSA) is 110 Å². The second-order valence-corrected chi connectivity index (χ2v) is 9.73. The highest BCUT2D eigenvalue weighted by Crippen LogP contribution is 2.37. The molecule has 2 aromatic rings. The lowest BCUT2D eigenvalue weighted by Crippen LogP contribution is -2.57. The minimum absolute atomic E-state index is 0.283. The van der Waals surface area contributed by atoms with Crippen molar-refractivity contribution < 1.29 is 26.4 Å². The van der Waals surface area contributed by atoms with E-state index in [1.165, 1.54) is 0 Å². The van der Waals surface area contributed by atoms with Gasteiger partial charge in [0.05, 0.1) is 32.8 Å². The summed E-state index contributed by atoms with van der Waals surface area (Å²) in [6.45, 7) is 9.87. The minimum atomic E-state index is -4.41. The molecule has 178 valence electrons. The summed E-state index contributed by atoms with van der Waals surface area (Å²) in [5.41, 5.74) is 7.20. The summed E-state index contributed by atoms with van der Waals surface area (Å²) in [4.78, 5) is 12.9. The highest BCUT2D eigenvalue weighted by Gasteiger charge is 2.43. The predicted molar refractivity (Wildman–Crippen MR) is 126 cm³/mol. The average molecular weight is 465 g/mol. The van der Waals surface area contributed by atoms with Gasteiger partial charge >= 0.3 is 0 Å². The molecule has 2 aromatic carbocycles. The number of hydrogen-bond donors (Lipinski definition) is 1. The van der Waals surface area contributed by atoms with Gasteiger partial charge in [-0.05, 0) is 38.8 Å². The number of carbonyl (C=O) groups is 1. The molecule has 0 fully saturated rings. The first-order valence-corrected chi connectivity index (χ1v) is 11.9. The second-order valence-electron chi connectivity index (χ2n) is 8.58. The average Bonchev–Trinajstić information content (AvgIpc) is 2.75. The number of amides is 1. The maximum Gasteiger partial charge on any atom is 0.232 e. The number of benzene rings is 2. The summed E-state index contributed by atoms with van der Waals surface area (Å²) in [7, 11) is -1.33. The Morgan fingerprint density at radius 3 is 1.56 bits per heavy atom. The summed E-state index contributed by atoms with van der Waals surface area (Å²) in [5.74, 6) is -0.283. The van der Waals surface area contributed by atoms with E-state index < -0.39 is 15.8 Å². The Morgan fingerprint density at radius 1 is 0.969 bits per heavy atom. The SMILES string of the molecule is CC(C)[N+](C)(CCC(C(N)=O)(c1ccccc1)c1ccccc1)C(C)C.COS(=O)(=O)[O-]. The van der Waals surface area contributed by atoms with Gasteiger partial charge in [-0.25, -0.2) is 8.42 Å². The largest absolute Gasteiger partial charge is 0.726 e. The van der Waals surface area contributed by atoms with Crippen LogP contribution >= 0.6 is 0 Å². The first kappa shape index (κ1) is 27.8. The van der Waals surface area contributed by atoms with E-state index in [1.807, 2.05) is 60.7 Å². The number of rotatable bonds is 9. The molecule has 0 bridgehead atoms. The number of primary amides is 1. The van der Waals surface area contributed by atoms with Gasteiger partial charge in [0.15, 0.2) is 0 Å². The van der Waals surface area contributed by atoms with Crippen LogP contribution in [0.1, 0.15) is 45.2 Å². The molecule has 2 rings (SSSR count). The fourth-order valence-corrected chi connectivity index (χ4v) is 3.83. The molecule has 0 spiro atoms. The van der Waals surface area contributed by atoms with Crippen LogP contribution in [0, 0.1) is 0 Å². The molecule has 1 amide bonds. The highest BCUT2D eigenvalue weighted by molar-refractivity contribution is 7.80. The number of quaternary nitrogens is 1.